The molecule has 0 aromatic carbocycles. The minimum absolute atomic E-state index is 0.482. The molecule has 1 aliphatic heterocycles. The van der Waals surface area contributed by atoms with Crippen LogP contribution < -0.4 is 16.0 Å². The molecule has 0 spiro atoms. The number of hydrogen-bond donors (Lipinski definition) is 2. The first-order valence-corrected chi connectivity index (χ1v) is 6.26. The average Bonchev–Trinajstić information content (AvgIpc) is 2.54. The number of nitrogen functional groups attached to an aromatic ring is 1. The number of ether oxygens (including phenoxy) is 2. The molecule has 0 atom stereocenters. The summed E-state index contributed by atoms with van der Waals surface area (Å²) in [5.41, 5.74) is 5.31. The van der Waals surface area contributed by atoms with Crippen molar-refractivity contribution in [3.8, 4) is 17.3 Å². The lowest BCUT2D eigenvalue weighted by molar-refractivity contribution is 0.109. The summed E-state index contributed by atoms with van der Waals surface area (Å²) >= 11 is 0. The van der Waals surface area contributed by atoms with E-state index in [4.69, 9.17) is 15.3 Å². The summed E-state index contributed by atoms with van der Waals surface area (Å²) in [6.45, 7) is 1.14. The van der Waals surface area contributed by atoms with Gasteiger partial charge < -0.3 is 14.9 Å². The molecule has 0 saturated carbocycles. The Kier molecular flexibility index (Phi) is 3.44. The fraction of sp³-hybridized carbons (Fsp3) is 0.308. The van der Waals surface area contributed by atoms with Crippen LogP contribution in [-0.4, -0.2) is 28.7 Å². The summed E-state index contributed by atoms with van der Waals surface area (Å²) in [4.78, 5) is 13.2. The Morgan fingerprint density at radius 1 is 1.35 bits per heavy atom. The second-order valence-corrected chi connectivity index (χ2v) is 4.36. The maximum atomic E-state index is 5.54. The van der Waals surface area contributed by atoms with Crippen LogP contribution in [0.2, 0.25) is 0 Å². The smallest absolute Gasteiger partial charge is 0.212 e. The SMILES string of the molecule is COc1ccc(-c2nc3c(c(NN)n2)COCC3)cn1. The van der Waals surface area contributed by atoms with Gasteiger partial charge >= 0.3 is 0 Å². The number of fused-ring (bicyclic) bond motifs is 1. The van der Waals surface area contributed by atoms with Crippen LogP contribution in [0.4, 0.5) is 5.82 Å². The minimum Gasteiger partial charge on any atom is -0.481 e. The third kappa shape index (κ3) is 2.28. The zero-order valence-corrected chi connectivity index (χ0v) is 11.1. The van der Waals surface area contributed by atoms with Gasteiger partial charge in [0.05, 0.1) is 26.0 Å². The van der Waals surface area contributed by atoms with E-state index in [0.717, 1.165) is 23.2 Å². The average molecular weight is 273 g/mol. The summed E-state index contributed by atoms with van der Waals surface area (Å²) < 4.78 is 10.4. The number of anilines is 1. The highest BCUT2D eigenvalue weighted by molar-refractivity contribution is 5.59. The van der Waals surface area contributed by atoms with Crippen molar-refractivity contribution in [2.24, 2.45) is 5.84 Å². The van der Waals surface area contributed by atoms with Crippen molar-refractivity contribution >= 4 is 5.82 Å². The van der Waals surface area contributed by atoms with Crippen molar-refractivity contribution in [2.45, 2.75) is 13.0 Å². The first-order valence-electron chi connectivity index (χ1n) is 6.26. The van der Waals surface area contributed by atoms with Crippen LogP contribution >= 0.6 is 0 Å². The highest BCUT2D eigenvalue weighted by atomic mass is 16.5. The lowest BCUT2D eigenvalue weighted by atomic mass is 10.1. The first-order chi connectivity index (χ1) is 9.81. The van der Waals surface area contributed by atoms with Gasteiger partial charge in [0, 0.05) is 29.8 Å². The summed E-state index contributed by atoms with van der Waals surface area (Å²) in [5.74, 6) is 7.28. The quantitative estimate of drug-likeness (QED) is 0.633. The van der Waals surface area contributed by atoms with Crippen LogP contribution in [0.5, 0.6) is 5.88 Å². The molecule has 0 radical (unpaired) electrons. The molecule has 0 fully saturated rings. The Labute approximate surface area is 116 Å². The maximum absolute atomic E-state index is 5.54. The van der Waals surface area contributed by atoms with Gasteiger partial charge in [-0.25, -0.2) is 20.8 Å². The lowest BCUT2D eigenvalue weighted by Crippen LogP contribution is -2.19. The van der Waals surface area contributed by atoms with Gasteiger partial charge in [0.25, 0.3) is 0 Å². The zero-order valence-electron chi connectivity index (χ0n) is 11.1. The maximum Gasteiger partial charge on any atom is 0.212 e. The number of nitrogens with one attached hydrogen (secondary N) is 1. The van der Waals surface area contributed by atoms with E-state index >= 15 is 0 Å². The van der Waals surface area contributed by atoms with Crippen molar-refractivity contribution in [2.75, 3.05) is 19.1 Å². The highest BCUT2D eigenvalue weighted by Crippen LogP contribution is 2.25. The number of nitrogens with two attached hydrogens (primary N) is 1. The molecule has 3 N–H and O–H groups in total. The van der Waals surface area contributed by atoms with Gasteiger partial charge in [-0.2, -0.15) is 0 Å². The van der Waals surface area contributed by atoms with E-state index in [0.29, 0.717) is 30.7 Å². The van der Waals surface area contributed by atoms with Gasteiger partial charge in [-0.1, -0.05) is 0 Å². The molecule has 20 heavy (non-hydrogen) atoms. The van der Waals surface area contributed by atoms with Crippen molar-refractivity contribution in [1.29, 1.82) is 0 Å². The molecule has 104 valence electrons. The van der Waals surface area contributed by atoms with Gasteiger partial charge in [0.1, 0.15) is 5.82 Å². The van der Waals surface area contributed by atoms with Crippen LogP contribution in [-0.2, 0) is 17.8 Å². The fourth-order valence-corrected chi connectivity index (χ4v) is 2.11. The molecule has 0 unspecified atom stereocenters. The molecule has 0 aliphatic carbocycles. The van der Waals surface area contributed by atoms with E-state index < -0.39 is 0 Å². The summed E-state index contributed by atoms with van der Waals surface area (Å²) in [5, 5.41) is 0. The molecule has 3 rings (SSSR count). The molecule has 2 aromatic heterocycles. The van der Waals surface area contributed by atoms with Gasteiger partial charge in [-0.3, -0.25) is 0 Å². The van der Waals surface area contributed by atoms with E-state index in [1.165, 1.54) is 0 Å². The van der Waals surface area contributed by atoms with Crippen molar-refractivity contribution in [3.63, 3.8) is 0 Å². The van der Waals surface area contributed by atoms with Gasteiger partial charge in [-0.15, -0.1) is 0 Å². The number of aromatic nitrogens is 3. The monoisotopic (exact) mass is 273 g/mol. The predicted octanol–water partition coefficient (Wildman–Crippen LogP) is 0.905. The molecule has 3 heterocycles. The Morgan fingerprint density at radius 2 is 2.25 bits per heavy atom. The Morgan fingerprint density at radius 3 is 2.95 bits per heavy atom. The fourth-order valence-electron chi connectivity index (χ4n) is 2.11. The number of pyridine rings is 1. The number of hydrogen-bond acceptors (Lipinski definition) is 7. The van der Waals surface area contributed by atoms with Crippen LogP contribution in [0, 0.1) is 0 Å². The lowest BCUT2D eigenvalue weighted by Gasteiger charge is -2.19. The van der Waals surface area contributed by atoms with Crippen LogP contribution in [0.25, 0.3) is 11.4 Å². The van der Waals surface area contributed by atoms with Gasteiger partial charge in [0.15, 0.2) is 5.82 Å². The van der Waals surface area contributed by atoms with Gasteiger partial charge in [0.2, 0.25) is 5.88 Å². The molecular formula is C13H15N5O2. The number of rotatable bonds is 3. The van der Waals surface area contributed by atoms with E-state index in [1.807, 2.05) is 6.07 Å². The Balaban J connectivity index is 2.04. The van der Waals surface area contributed by atoms with E-state index in [-0.39, 0.29) is 0 Å². The molecule has 0 amide bonds. The third-order valence-electron chi connectivity index (χ3n) is 3.16. The predicted molar refractivity (Wildman–Crippen MR) is 73.0 cm³/mol. The molecule has 2 aromatic rings. The number of nitrogens with zero attached hydrogens (tertiary/aromatic N) is 3. The van der Waals surface area contributed by atoms with Crippen molar-refractivity contribution < 1.29 is 9.47 Å². The molecule has 7 nitrogen and oxygen atoms in total. The molecule has 7 heteroatoms. The minimum atomic E-state index is 0.482. The normalized spacial score (nSPS) is 13.7. The zero-order chi connectivity index (χ0) is 13.9. The number of methoxy groups -OCH3 is 1. The Hall–Kier alpha value is -2.25. The molecular weight excluding hydrogens is 258 g/mol. The van der Waals surface area contributed by atoms with Crippen molar-refractivity contribution in [3.05, 3.63) is 29.6 Å². The first kappa shape index (κ1) is 12.8. The van der Waals surface area contributed by atoms with Crippen molar-refractivity contribution in [1.82, 2.24) is 15.0 Å². The van der Waals surface area contributed by atoms with Gasteiger partial charge in [-0.05, 0) is 6.07 Å². The van der Waals surface area contributed by atoms with E-state index in [9.17, 15) is 0 Å². The van der Waals surface area contributed by atoms with E-state index in [1.54, 1.807) is 19.4 Å². The van der Waals surface area contributed by atoms with E-state index in [2.05, 4.69) is 20.4 Å². The summed E-state index contributed by atoms with van der Waals surface area (Å²) in [6.07, 6.45) is 2.43. The van der Waals surface area contributed by atoms with Crippen LogP contribution in [0.3, 0.4) is 0 Å². The molecule has 1 aliphatic rings. The van der Waals surface area contributed by atoms with Crippen LogP contribution in [0.15, 0.2) is 18.3 Å². The second-order valence-electron chi connectivity index (χ2n) is 4.36. The summed E-state index contributed by atoms with van der Waals surface area (Å²) in [6, 6.07) is 3.64. The topological polar surface area (TPSA) is 95.2 Å². The second kappa shape index (κ2) is 5.40. The largest absolute Gasteiger partial charge is 0.481 e. The molecule has 0 bridgehead atoms. The standard InChI is InChI=1S/C13H15N5O2/c1-19-11-3-2-8(6-15-11)12-16-10-4-5-20-7-9(10)13(17-12)18-14/h2-3,6H,4-5,7,14H2,1H3,(H,16,17,18). The van der Waals surface area contributed by atoms with Crippen LogP contribution in [0.1, 0.15) is 11.3 Å². The highest BCUT2D eigenvalue weighted by Gasteiger charge is 2.18. The third-order valence-corrected chi connectivity index (χ3v) is 3.16. The summed E-state index contributed by atoms with van der Waals surface area (Å²) in [7, 11) is 1.58. The molecule has 0 saturated heterocycles. The Bertz CT molecular complexity index is 598. The number of hydrazine groups is 1.